The predicted molar refractivity (Wildman–Crippen MR) is 121 cm³/mol. The summed E-state index contributed by atoms with van der Waals surface area (Å²) in [6.07, 6.45) is 2.78. The first-order chi connectivity index (χ1) is 14.4. The van der Waals surface area contributed by atoms with Crippen LogP contribution in [0.25, 0.3) is 0 Å². The van der Waals surface area contributed by atoms with Gasteiger partial charge in [-0.3, -0.25) is 4.79 Å². The largest absolute Gasteiger partial charge is 0.457 e. The number of carbonyl (C=O) groups is 2. The lowest BCUT2D eigenvalue weighted by molar-refractivity contribution is -0.119. The van der Waals surface area contributed by atoms with Crippen LogP contribution in [0.15, 0.2) is 73.3 Å². The number of nitrogens with zero attached hydrogens (tertiary/aromatic N) is 1. The number of halogens is 2. The number of ether oxygens (including phenoxy) is 1. The number of hydrazone groups is 1. The Morgan fingerprint density at radius 3 is 2.73 bits per heavy atom. The zero-order valence-electron chi connectivity index (χ0n) is 15.8. The molecule has 0 saturated carbocycles. The third-order valence-electron chi connectivity index (χ3n) is 3.82. The molecule has 3 rings (SSSR count). The van der Waals surface area contributed by atoms with Crippen LogP contribution in [-0.4, -0.2) is 24.6 Å². The van der Waals surface area contributed by atoms with Crippen molar-refractivity contribution in [2.24, 2.45) is 5.10 Å². The third-order valence-corrected chi connectivity index (χ3v) is 4.87. The zero-order valence-corrected chi connectivity index (χ0v) is 19.0. The minimum absolute atomic E-state index is 0.0588. The van der Waals surface area contributed by atoms with Gasteiger partial charge in [0.1, 0.15) is 0 Å². The van der Waals surface area contributed by atoms with E-state index in [0.717, 1.165) is 15.7 Å². The Morgan fingerprint density at radius 1 is 1.17 bits per heavy atom. The zero-order chi connectivity index (χ0) is 21.5. The maximum atomic E-state index is 12.2. The van der Waals surface area contributed by atoms with E-state index < -0.39 is 5.97 Å². The van der Waals surface area contributed by atoms with Crippen molar-refractivity contribution in [3.8, 4) is 5.75 Å². The van der Waals surface area contributed by atoms with Crippen molar-refractivity contribution in [2.45, 2.75) is 6.92 Å². The molecule has 0 atom stereocenters. The van der Waals surface area contributed by atoms with E-state index in [1.165, 1.54) is 18.5 Å². The van der Waals surface area contributed by atoms with Crippen molar-refractivity contribution in [2.75, 3.05) is 11.9 Å². The molecule has 0 bridgehead atoms. The molecule has 0 saturated heterocycles. The van der Waals surface area contributed by atoms with Gasteiger partial charge in [-0.25, -0.2) is 10.2 Å². The number of benzene rings is 2. The third kappa shape index (κ3) is 6.04. The SMILES string of the molecule is Cc1cccc(NCC(=O)N/N=C\c2cc(Br)cc(Br)c2OC(=O)c2ccco2)c1. The average molecular weight is 535 g/mol. The lowest BCUT2D eigenvalue weighted by Crippen LogP contribution is -2.25. The lowest BCUT2D eigenvalue weighted by atomic mass is 10.2. The summed E-state index contributed by atoms with van der Waals surface area (Å²) in [6, 6.07) is 14.2. The minimum atomic E-state index is -0.649. The number of rotatable bonds is 7. The van der Waals surface area contributed by atoms with Crippen LogP contribution in [0.3, 0.4) is 0 Å². The molecular formula is C21H17Br2N3O4. The van der Waals surface area contributed by atoms with Crippen LogP contribution in [0.2, 0.25) is 0 Å². The van der Waals surface area contributed by atoms with Crippen molar-refractivity contribution < 1.29 is 18.7 Å². The van der Waals surface area contributed by atoms with E-state index in [0.29, 0.717) is 10.0 Å². The van der Waals surface area contributed by atoms with E-state index in [2.05, 4.69) is 47.7 Å². The highest BCUT2D eigenvalue weighted by atomic mass is 79.9. The van der Waals surface area contributed by atoms with Crippen LogP contribution >= 0.6 is 31.9 Å². The Kier molecular flexibility index (Phi) is 7.42. The molecule has 30 heavy (non-hydrogen) atoms. The number of hydrogen-bond donors (Lipinski definition) is 2. The summed E-state index contributed by atoms with van der Waals surface area (Å²) in [5.74, 6) is -0.654. The van der Waals surface area contributed by atoms with Crippen LogP contribution in [0, 0.1) is 6.92 Å². The van der Waals surface area contributed by atoms with E-state index in [-0.39, 0.29) is 24.0 Å². The Hall–Kier alpha value is -2.91. The van der Waals surface area contributed by atoms with E-state index in [4.69, 9.17) is 9.15 Å². The van der Waals surface area contributed by atoms with E-state index in [1.54, 1.807) is 18.2 Å². The van der Waals surface area contributed by atoms with E-state index >= 15 is 0 Å². The molecular weight excluding hydrogens is 518 g/mol. The average Bonchev–Trinajstić information content (AvgIpc) is 3.24. The van der Waals surface area contributed by atoms with Gasteiger partial charge in [-0.2, -0.15) is 5.10 Å². The molecule has 154 valence electrons. The van der Waals surface area contributed by atoms with Crippen molar-refractivity contribution in [3.63, 3.8) is 0 Å². The van der Waals surface area contributed by atoms with Gasteiger partial charge >= 0.3 is 5.97 Å². The van der Waals surface area contributed by atoms with Crippen LogP contribution in [-0.2, 0) is 4.79 Å². The highest BCUT2D eigenvalue weighted by molar-refractivity contribution is 9.11. The number of amides is 1. The smallest absolute Gasteiger partial charge is 0.379 e. The molecule has 0 radical (unpaired) electrons. The van der Waals surface area contributed by atoms with E-state index in [1.807, 2.05) is 31.2 Å². The van der Waals surface area contributed by atoms with Gasteiger partial charge < -0.3 is 14.5 Å². The summed E-state index contributed by atoms with van der Waals surface area (Å²) in [4.78, 5) is 24.3. The molecule has 1 heterocycles. The van der Waals surface area contributed by atoms with Gasteiger partial charge in [0, 0.05) is 15.7 Å². The van der Waals surface area contributed by atoms with Gasteiger partial charge in [0.05, 0.1) is 23.5 Å². The quantitative estimate of drug-likeness (QED) is 0.195. The van der Waals surface area contributed by atoms with Crippen molar-refractivity contribution in [1.82, 2.24) is 5.43 Å². The predicted octanol–water partition coefficient (Wildman–Crippen LogP) is 4.89. The summed E-state index contributed by atoms with van der Waals surface area (Å²) >= 11 is 6.75. The summed E-state index contributed by atoms with van der Waals surface area (Å²) in [6.45, 7) is 2.03. The molecule has 7 nitrogen and oxygen atoms in total. The minimum Gasteiger partial charge on any atom is -0.457 e. The molecule has 0 aliphatic carbocycles. The Morgan fingerprint density at radius 2 is 2.00 bits per heavy atom. The van der Waals surface area contributed by atoms with Crippen LogP contribution < -0.4 is 15.5 Å². The van der Waals surface area contributed by atoms with E-state index in [9.17, 15) is 9.59 Å². The first-order valence-corrected chi connectivity index (χ1v) is 10.4. The van der Waals surface area contributed by atoms with Crippen molar-refractivity contribution in [1.29, 1.82) is 0 Å². The molecule has 1 aromatic heterocycles. The number of hydrogen-bond acceptors (Lipinski definition) is 6. The Balaban J connectivity index is 1.65. The molecule has 9 heteroatoms. The van der Waals surface area contributed by atoms with Crippen molar-refractivity contribution >= 4 is 55.6 Å². The maximum Gasteiger partial charge on any atom is 0.379 e. The molecule has 0 aliphatic rings. The normalized spacial score (nSPS) is 10.8. The van der Waals surface area contributed by atoms with Crippen LogP contribution in [0.5, 0.6) is 5.75 Å². The van der Waals surface area contributed by atoms with Gasteiger partial charge in [0.15, 0.2) is 5.75 Å². The highest BCUT2D eigenvalue weighted by Crippen LogP contribution is 2.32. The fourth-order valence-corrected chi connectivity index (χ4v) is 3.81. The number of esters is 1. The van der Waals surface area contributed by atoms with Gasteiger partial charge in [-0.15, -0.1) is 0 Å². The Bertz CT molecular complexity index is 1080. The van der Waals surface area contributed by atoms with Gasteiger partial charge in [-0.1, -0.05) is 28.1 Å². The summed E-state index contributed by atoms with van der Waals surface area (Å²) < 4.78 is 11.8. The number of aryl methyl sites for hydroxylation is 1. The molecule has 0 aliphatic heterocycles. The molecule has 0 spiro atoms. The van der Waals surface area contributed by atoms with Gasteiger partial charge in [0.2, 0.25) is 5.76 Å². The molecule has 2 N–H and O–H groups in total. The monoisotopic (exact) mass is 533 g/mol. The fourth-order valence-electron chi connectivity index (χ4n) is 2.47. The second kappa shape index (κ2) is 10.2. The molecule has 1 amide bonds. The highest BCUT2D eigenvalue weighted by Gasteiger charge is 2.17. The summed E-state index contributed by atoms with van der Waals surface area (Å²) in [5, 5.41) is 6.99. The fraction of sp³-hybridized carbons (Fsp3) is 0.0952. The molecule has 3 aromatic rings. The number of carbonyl (C=O) groups excluding carboxylic acids is 2. The number of furan rings is 1. The summed E-state index contributed by atoms with van der Waals surface area (Å²) in [5.41, 5.74) is 4.85. The maximum absolute atomic E-state index is 12.2. The van der Waals surface area contributed by atoms with Gasteiger partial charge in [-0.05, 0) is 64.8 Å². The van der Waals surface area contributed by atoms with Gasteiger partial charge in [0.25, 0.3) is 5.91 Å². The van der Waals surface area contributed by atoms with Crippen LogP contribution in [0.1, 0.15) is 21.7 Å². The van der Waals surface area contributed by atoms with Crippen LogP contribution in [0.4, 0.5) is 5.69 Å². The summed E-state index contributed by atoms with van der Waals surface area (Å²) in [7, 11) is 0. The topological polar surface area (TPSA) is 92.9 Å². The van der Waals surface area contributed by atoms with Crippen molar-refractivity contribution in [3.05, 3.63) is 80.6 Å². The first-order valence-electron chi connectivity index (χ1n) is 8.79. The number of anilines is 1. The standard InChI is InChI=1S/C21H17Br2N3O4/c1-13-4-2-5-16(8-13)24-12-19(27)26-25-11-14-9-15(22)10-17(23)20(14)30-21(28)18-6-3-7-29-18/h2-11,24H,12H2,1H3,(H,26,27)/b25-11-. The Labute approximate surface area is 189 Å². The molecule has 0 unspecified atom stereocenters. The molecule has 2 aromatic carbocycles. The second-order valence-electron chi connectivity index (χ2n) is 6.19. The first kappa shape index (κ1) is 21.8. The molecule has 0 fully saturated rings. The second-order valence-corrected chi connectivity index (χ2v) is 7.96. The lowest BCUT2D eigenvalue weighted by Gasteiger charge is -2.09. The number of nitrogens with one attached hydrogen (secondary N) is 2.